The Labute approximate surface area is 61.0 Å². The van der Waals surface area contributed by atoms with Crippen molar-refractivity contribution in [2.24, 2.45) is 5.92 Å². The molecule has 2 rings (SSSR count). The number of aliphatic hydroxyl groups excluding tert-OH is 1. The summed E-state index contributed by atoms with van der Waals surface area (Å²) >= 11 is 0. The topological polar surface area (TPSA) is 32.3 Å². The van der Waals surface area contributed by atoms with Crippen LogP contribution in [0.2, 0.25) is 0 Å². The summed E-state index contributed by atoms with van der Waals surface area (Å²) in [6, 6.07) is 0.671. The van der Waals surface area contributed by atoms with E-state index in [1.54, 1.807) is 0 Å². The van der Waals surface area contributed by atoms with Crippen LogP contribution in [0.15, 0.2) is 0 Å². The molecule has 2 nitrogen and oxygen atoms in total. The first-order valence-electron chi connectivity index (χ1n) is 3.29. The standard InChI is InChI=1S/C6H11NO.ClH/c8-6-3-5-4(6)1-2-7-5;/h4-8H,1-3H2;1H/t4-,5-,6-;/m1./s1. The van der Waals surface area contributed by atoms with E-state index in [1.165, 1.54) is 6.42 Å². The van der Waals surface area contributed by atoms with E-state index in [2.05, 4.69) is 5.32 Å². The first kappa shape index (κ1) is 7.32. The van der Waals surface area contributed by atoms with Gasteiger partial charge in [-0.05, 0) is 19.4 Å². The van der Waals surface area contributed by atoms with Crippen molar-refractivity contribution in [3.05, 3.63) is 0 Å². The van der Waals surface area contributed by atoms with Crippen LogP contribution in [0.4, 0.5) is 0 Å². The van der Waals surface area contributed by atoms with Crippen molar-refractivity contribution in [2.75, 3.05) is 6.54 Å². The van der Waals surface area contributed by atoms with E-state index in [0.29, 0.717) is 12.0 Å². The van der Waals surface area contributed by atoms with Crippen LogP contribution in [0.3, 0.4) is 0 Å². The van der Waals surface area contributed by atoms with Gasteiger partial charge in [0.2, 0.25) is 0 Å². The number of halogens is 1. The highest BCUT2D eigenvalue weighted by atomic mass is 35.5. The minimum Gasteiger partial charge on any atom is -0.393 e. The fourth-order valence-electron chi connectivity index (χ4n) is 1.75. The molecule has 2 aliphatic rings. The van der Waals surface area contributed by atoms with Crippen LogP contribution in [0.1, 0.15) is 12.8 Å². The monoisotopic (exact) mass is 149 g/mol. The molecule has 0 radical (unpaired) electrons. The fourth-order valence-corrected chi connectivity index (χ4v) is 1.75. The van der Waals surface area contributed by atoms with Crippen LogP contribution in [0, 0.1) is 5.92 Å². The Balaban J connectivity index is 0.000000405. The van der Waals surface area contributed by atoms with Crippen molar-refractivity contribution < 1.29 is 5.11 Å². The van der Waals surface area contributed by atoms with Crippen LogP contribution in [-0.2, 0) is 0 Å². The Kier molecular flexibility index (Phi) is 1.99. The third-order valence-electron chi connectivity index (χ3n) is 2.39. The van der Waals surface area contributed by atoms with Crippen LogP contribution in [0.5, 0.6) is 0 Å². The van der Waals surface area contributed by atoms with E-state index in [0.717, 1.165) is 13.0 Å². The van der Waals surface area contributed by atoms with Gasteiger partial charge in [-0.1, -0.05) is 0 Å². The quantitative estimate of drug-likeness (QED) is 0.514. The van der Waals surface area contributed by atoms with Crippen LogP contribution in [-0.4, -0.2) is 23.8 Å². The number of nitrogens with one attached hydrogen (secondary N) is 1. The van der Waals surface area contributed by atoms with E-state index in [4.69, 9.17) is 5.11 Å². The molecule has 1 heterocycles. The van der Waals surface area contributed by atoms with Crippen LogP contribution in [0.25, 0.3) is 0 Å². The Morgan fingerprint density at radius 2 is 2.22 bits per heavy atom. The van der Waals surface area contributed by atoms with Crippen LogP contribution < -0.4 is 5.32 Å². The van der Waals surface area contributed by atoms with E-state index >= 15 is 0 Å². The lowest BCUT2D eigenvalue weighted by molar-refractivity contribution is 0.0130. The predicted molar refractivity (Wildman–Crippen MR) is 37.8 cm³/mol. The van der Waals surface area contributed by atoms with Crippen molar-refractivity contribution >= 4 is 12.4 Å². The number of hydrogen-bond donors (Lipinski definition) is 2. The normalized spacial score (nSPS) is 47.0. The van der Waals surface area contributed by atoms with Gasteiger partial charge in [0.15, 0.2) is 0 Å². The molecule has 1 aliphatic carbocycles. The molecule has 9 heavy (non-hydrogen) atoms. The molecule has 54 valence electrons. The zero-order valence-electron chi connectivity index (χ0n) is 5.21. The molecule has 0 spiro atoms. The molecule has 0 aromatic carbocycles. The highest BCUT2D eigenvalue weighted by Crippen LogP contribution is 2.34. The lowest BCUT2D eigenvalue weighted by atomic mass is 9.78. The Morgan fingerprint density at radius 3 is 2.67 bits per heavy atom. The first-order valence-corrected chi connectivity index (χ1v) is 3.29. The molecule has 0 bridgehead atoms. The molecule has 1 saturated heterocycles. The average Bonchev–Trinajstić information content (AvgIpc) is 2.09. The van der Waals surface area contributed by atoms with Gasteiger partial charge in [-0.3, -0.25) is 0 Å². The largest absolute Gasteiger partial charge is 0.393 e. The van der Waals surface area contributed by atoms with Crippen molar-refractivity contribution in [1.82, 2.24) is 5.32 Å². The summed E-state index contributed by atoms with van der Waals surface area (Å²) in [5.74, 6) is 0.606. The summed E-state index contributed by atoms with van der Waals surface area (Å²) in [4.78, 5) is 0. The van der Waals surface area contributed by atoms with Gasteiger partial charge < -0.3 is 10.4 Å². The van der Waals surface area contributed by atoms with Gasteiger partial charge in [0.25, 0.3) is 0 Å². The van der Waals surface area contributed by atoms with E-state index < -0.39 is 0 Å². The molecule has 1 saturated carbocycles. The SMILES string of the molecule is Cl.O[C@@H]1C[C@H]2NCC[C@@H]12. The zero-order chi connectivity index (χ0) is 5.56. The second kappa shape index (κ2) is 2.45. The maximum absolute atomic E-state index is 9.08. The third kappa shape index (κ3) is 0.955. The van der Waals surface area contributed by atoms with Gasteiger partial charge in [0.1, 0.15) is 0 Å². The maximum atomic E-state index is 9.08. The van der Waals surface area contributed by atoms with Gasteiger partial charge in [0.05, 0.1) is 6.10 Å². The lowest BCUT2D eigenvalue weighted by Crippen LogP contribution is -2.47. The van der Waals surface area contributed by atoms with E-state index in [9.17, 15) is 0 Å². The summed E-state index contributed by atoms with van der Waals surface area (Å²) in [6.07, 6.45) is 2.20. The minimum atomic E-state index is 0. The van der Waals surface area contributed by atoms with Gasteiger partial charge in [-0.15, -0.1) is 12.4 Å². The summed E-state index contributed by atoms with van der Waals surface area (Å²) in [5, 5.41) is 12.4. The molecular weight excluding hydrogens is 138 g/mol. The van der Waals surface area contributed by atoms with Crippen molar-refractivity contribution in [3.8, 4) is 0 Å². The Morgan fingerprint density at radius 1 is 1.44 bits per heavy atom. The van der Waals surface area contributed by atoms with Gasteiger partial charge in [0, 0.05) is 12.0 Å². The molecule has 0 aromatic rings. The van der Waals surface area contributed by atoms with Crippen molar-refractivity contribution in [1.29, 1.82) is 0 Å². The molecule has 3 heteroatoms. The number of rotatable bonds is 0. The predicted octanol–water partition coefficient (Wildman–Crippen LogP) is 0.151. The molecule has 0 aromatic heterocycles. The van der Waals surface area contributed by atoms with Crippen LogP contribution >= 0.6 is 12.4 Å². The number of hydrogen-bond acceptors (Lipinski definition) is 2. The molecule has 0 amide bonds. The van der Waals surface area contributed by atoms with E-state index in [-0.39, 0.29) is 18.5 Å². The van der Waals surface area contributed by atoms with Gasteiger partial charge >= 0.3 is 0 Å². The summed E-state index contributed by atoms with van der Waals surface area (Å²) in [6.45, 7) is 1.12. The van der Waals surface area contributed by atoms with Crippen molar-refractivity contribution in [2.45, 2.75) is 25.0 Å². The average molecular weight is 150 g/mol. The molecular formula is C6H12ClNO. The molecule has 1 aliphatic heterocycles. The third-order valence-corrected chi connectivity index (χ3v) is 2.39. The zero-order valence-corrected chi connectivity index (χ0v) is 6.03. The summed E-state index contributed by atoms with van der Waals surface area (Å²) < 4.78 is 0. The fraction of sp³-hybridized carbons (Fsp3) is 1.00. The summed E-state index contributed by atoms with van der Waals surface area (Å²) in [7, 11) is 0. The molecule has 0 unspecified atom stereocenters. The second-order valence-electron chi connectivity index (χ2n) is 2.82. The Hall–Kier alpha value is 0.210. The van der Waals surface area contributed by atoms with Crippen molar-refractivity contribution in [3.63, 3.8) is 0 Å². The maximum Gasteiger partial charge on any atom is 0.0598 e. The smallest absolute Gasteiger partial charge is 0.0598 e. The summed E-state index contributed by atoms with van der Waals surface area (Å²) in [5.41, 5.74) is 0. The Bertz CT molecular complexity index is 109. The van der Waals surface area contributed by atoms with Gasteiger partial charge in [-0.25, -0.2) is 0 Å². The van der Waals surface area contributed by atoms with Gasteiger partial charge in [-0.2, -0.15) is 0 Å². The minimum absolute atomic E-state index is 0. The molecule has 3 atom stereocenters. The number of fused-ring (bicyclic) bond motifs is 1. The lowest BCUT2D eigenvalue weighted by Gasteiger charge is -2.35. The first-order chi connectivity index (χ1) is 3.88. The van der Waals surface area contributed by atoms with E-state index in [1.807, 2.05) is 0 Å². The highest BCUT2D eigenvalue weighted by molar-refractivity contribution is 5.85. The highest BCUT2D eigenvalue weighted by Gasteiger charge is 2.42. The molecule has 2 fully saturated rings. The molecule has 2 N–H and O–H groups in total. The number of aliphatic hydroxyl groups is 1. The second-order valence-corrected chi connectivity index (χ2v) is 2.82.